The fourth-order valence-electron chi connectivity index (χ4n) is 7.55. The highest BCUT2D eigenvalue weighted by Crippen LogP contribution is 2.70. The smallest absolute Gasteiger partial charge is 0.306 e. The van der Waals surface area contributed by atoms with Crippen LogP contribution in [0.4, 0.5) is 4.39 Å². The molecule has 0 aromatic heterocycles. The van der Waals surface area contributed by atoms with E-state index in [4.69, 9.17) is 4.74 Å². The molecule has 0 unspecified atom stereocenters. The quantitative estimate of drug-likeness (QED) is 0.630. The van der Waals surface area contributed by atoms with Crippen LogP contribution in [-0.2, 0) is 23.9 Å². The molecule has 0 radical (unpaired) electrons. The van der Waals surface area contributed by atoms with Gasteiger partial charge in [-0.15, -0.1) is 0 Å². The van der Waals surface area contributed by atoms with Crippen LogP contribution in [0.5, 0.6) is 0 Å². The third kappa shape index (κ3) is 2.48. The minimum Gasteiger partial charge on any atom is -0.450 e. The molecule has 0 bridgehead atoms. The number of rotatable bonds is 3. The summed E-state index contributed by atoms with van der Waals surface area (Å²) in [4.78, 5) is 50.9. The lowest BCUT2D eigenvalue weighted by Gasteiger charge is -2.59. The number of hydrogen-bond donors (Lipinski definition) is 0. The number of carbonyl (C=O) groups is 4. The van der Waals surface area contributed by atoms with E-state index in [1.54, 1.807) is 19.9 Å². The number of Topliss-reactive ketones (excluding diaryl/α,β-unsaturated/α-hetero) is 2. The van der Waals surface area contributed by atoms with Gasteiger partial charge in [-0.1, -0.05) is 32.4 Å². The zero-order valence-corrected chi connectivity index (χ0v) is 18.9. The summed E-state index contributed by atoms with van der Waals surface area (Å²) < 4.78 is 22.9. The number of hydrogen-bond acceptors (Lipinski definition) is 5. The Kier molecular flexibility index (Phi) is 4.77. The third-order valence-corrected chi connectivity index (χ3v) is 9.03. The van der Waals surface area contributed by atoms with Gasteiger partial charge in [0.1, 0.15) is 0 Å². The van der Waals surface area contributed by atoms with Crippen LogP contribution < -0.4 is 0 Å². The molecule has 0 aromatic carbocycles. The first-order chi connectivity index (χ1) is 14.4. The van der Waals surface area contributed by atoms with Gasteiger partial charge in [-0.2, -0.15) is 0 Å². The Labute approximate surface area is 182 Å². The number of ether oxygens (including phenoxy) is 1. The summed E-state index contributed by atoms with van der Waals surface area (Å²) >= 11 is 0. The Morgan fingerprint density at radius 3 is 2.52 bits per heavy atom. The molecule has 0 heterocycles. The molecule has 5 nitrogen and oxygen atoms in total. The highest BCUT2D eigenvalue weighted by molar-refractivity contribution is 6.03. The summed E-state index contributed by atoms with van der Waals surface area (Å²) in [6.07, 6.45) is 5.80. The van der Waals surface area contributed by atoms with Gasteiger partial charge in [-0.25, -0.2) is 4.39 Å². The lowest BCUT2D eigenvalue weighted by Crippen LogP contribution is -2.68. The van der Waals surface area contributed by atoms with Crippen LogP contribution in [0.15, 0.2) is 23.8 Å². The number of esters is 1. The zero-order valence-electron chi connectivity index (χ0n) is 18.9. The van der Waals surface area contributed by atoms with Gasteiger partial charge in [0.2, 0.25) is 0 Å². The van der Waals surface area contributed by atoms with Gasteiger partial charge in [0, 0.05) is 35.5 Å². The first kappa shape index (κ1) is 22.1. The second-order valence-electron chi connectivity index (χ2n) is 10.3. The highest BCUT2D eigenvalue weighted by atomic mass is 19.1. The van der Waals surface area contributed by atoms with E-state index < -0.39 is 39.8 Å². The Morgan fingerprint density at radius 2 is 1.90 bits per heavy atom. The molecule has 0 amide bonds. The molecule has 6 heteroatoms. The van der Waals surface area contributed by atoms with Crippen molar-refractivity contribution >= 4 is 23.3 Å². The number of alkyl halides is 1. The first-order valence-corrected chi connectivity index (χ1v) is 11.3. The van der Waals surface area contributed by atoms with Gasteiger partial charge in [-0.3, -0.25) is 19.2 Å². The summed E-state index contributed by atoms with van der Waals surface area (Å²) in [5, 5.41) is 0. The first-order valence-electron chi connectivity index (χ1n) is 11.3. The summed E-state index contributed by atoms with van der Waals surface area (Å²) in [7, 11) is 0. The topological polar surface area (TPSA) is 77.5 Å². The Morgan fingerprint density at radius 1 is 1.23 bits per heavy atom. The number of halogens is 1. The summed E-state index contributed by atoms with van der Waals surface area (Å²) in [6.45, 7) is 8.49. The third-order valence-electron chi connectivity index (χ3n) is 9.03. The molecule has 168 valence electrons. The molecule has 4 rings (SSSR count). The minimum atomic E-state index is -2.15. The molecule has 4 aliphatic carbocycles. The fraction of sp³-hybridized carbons (Fsp3) is 0.680. The van der Waals surface area contributed by atoms with E-state index in [1.807, 2.05) is 13.8 Å². The van der Waals surface area contributed by atoms with Crippen molar-refractivity contribution in [2.45, 2.75) is 78.0 Å². The van der Waals surface area contributed by atoms with E-state index in [9.17, 15) is 19.2 Å². The largest absolute Gasteiger partial charge is 0.450 e. The van der Waals surface area contributed by atoms with Crippen molar-refractivity contribution in [3.8, 4) is 0 Å². The van der Waals surface area contributed by atoms with Gasteiger partial charge >= 0.3 is 5.97 Å². The van der Waals surface area contributed by atoms with E-state index in [0.717, 1.165) is 0 Å². The second-order valence-corrected chi connectivity index (χ2v) is 10.3. The van der Waals surface area contributed by atoms with Crippen LogP contribution in [0.1, 0.15) is 66.7 Å². The van der Waals surface area contributed by atoms with Crippen LogP contribution in [0.25, 0.3) is 0 Å². The monoisotopic (exact) mass is 430 g/mol. The van der Waals surface area contributed by atoms with Gasteiger partial charge in [0.05, 0.1) is 0 Å². The average molecular weight is 431 g/mol. The summed E-state index contributed by atoms with van der Waals surface area (Å²) in [5.74, 6) is -2.72. The van der Waals surface area contributed by atoms with Gasteiger partial charge in [-0.05, 0) is 51.2 Å². The van der Waals surface area contributed by atoms with Crippen LogP contribution in [-0.4, -0.2) is 34.6 Å². The van der Waals surface area contributed by atoms with Crippen molar-refractivity contribution in [3.05, 3.63) is 23.8 Å². The van der Waals surface area contributed by atoms with E-state index in [-0.39, 0.29) is 36.2 Å². The molecule has 3 fully saturated rings. The van der Waals surface area contributed by atoms with Crippen LogP contribution in [0.3, 0.4) is 0 Å². The zero-order chi connectivity index (χ0) is 23.0. The second kappa shape index (κ2) is 6.69. The van der Waals surface area contributed by atoms with Gasteiger partial charge in [0.15, 0.2) is 28.6 Å². The molecular weight excluding hydrogens is 399 g/mol. The number of carbonyl (C=O) groups excluding carboxylic acids is 4. The summed E-state index contributed by atoms with van der Waals surface area (Å²) in [5.41, 5.74) is -5.06. The van der Waals surface area contributed by atoms with E-state index in [1.165, 1.54) is 19.1 Å². The van der Waals surface area contributed by atoms with E-state index in [0.29, 0.717) is 24.8 Å². The van der Waals surface area contributed by atoms with E-state index in [2.05, 4.69) is 0 Å². The predicted molar refractivity (Wildman–Crippen MR) is 112 cm³/mol. The molecule has 0 aliphatic heterocycles. The highest BCUT2D eigenvalue weighted by Gasteiger charge is 2.77. The van der Waals surface area contributed by atoms with Crippen molar-refractivity contribution in [1.82, 2.24) is 0 Å². The maximum absolute atomic E-state index is 17.0. The van der Waals surface area contributed by atoms with Crippen LogP contribution >= 0.6 is 0 Å². The van der Waals surface area contributed by atoms with Crippen molar-refractivity contribution in [2.24, 2.45) is 28.6 Å². The Balaban J connectivity index is 1.85. The molecule has 0 aromatic rings. The van der Waals surface area contributed by atoms with Crippen LogP contribution in [0, 0.1) is 28.6 Å². The number of allylic oxidation sites excluding steroid dienone is 4. The van der Waals surface area contributed by atoms with Gasteiger partial charge < -0.3 is 4.74 Å². The number of ketones is 3. The molecule has 31 heavy (non-hydrogen) atoms. The minimum absolute atomic E-state index is 0.123. The molecule has 0 spiro atoms. The summed E-state index contributed by atoms with van der Waals surface area (Å²) in [6, 6.07) is 0. The Hall–Kier alpha value is -2.11. The molecular formula is C25H31FO5. The van der Waals surface area contributed by atoms with Crippen LogP contribution in [0.2, 0.25) is 0 Å². The molecule has 0 N–H and O–H groups in total. The normalized spacial score (nSPS) is 46.0. The number of fused-ring (bicyclic) bond motifs is 5. The lowest BCUT2D eigenvalue weighted by molar-refractivity contribution is -0.201. The maximum atomic E-state index is 17.0. The van der Waals surface area contributed by atoms with Crippen molar-refractivity contribution in [2.75, 3.05) is 0 Å². The van der Waals surface area contributed by atoms with Gasteiger partial charge in [0.25, 0.3) is 0 Å². The lowest BCUT2D eigenvalue weighted by atomic mass is 9.45. The SMILES string of the molecule is CCC(=O)O[C@]1(C(C)=O)[C@@H](C)C[C@H]2[C@@H]3CCC4=CC(=O)C=C[C@]4(C)[C@@]3(F)C(=O)C[C@@]21C. The molecule has 3 saturated carbocycles. The molecule has 0 saturated heterocycles. The maximum Gasteiger partial charge on any atom is 0.306 e. The average Bonchev–Trinajstić information content (AvgIpc) is 2.91. The molecule has 7 atom stereocenters. The van der Waals surface area contributed by atoms with Crippen molar-refractivity contribution in [1.29, 1.82) is 0 Å². The standard InChI is InChI=1S/C25H31FO5/c1-6-21(30)31-25(15(3)27)14(2)11-19-18-8-7-16-12-17(28)9-10-22(16,4)24(18,26)20(29)13-23(19,25)5/h9-10,12,14,18-19H,6-8,11,13H2,1-5H3/t14-,18-,19-,22-,23-,24-,25-/m0/s1. The van der Waals surface area contributed by atoms with Crippen molar-refractivity contribution in [3.63, 3.8) is 0 Å². The van der Waals surface area contributed by atoms with E-state index >= 15 is 4.39 Å². The predicted octanol–water partition coefficient (Wildman–Crippen LogP) is 4.09. The Bertz CT molecular complexity index is 950. The molecule has 4 aliphatic rings. The fourth-order valence-corrected chi connectivity index (χ4v) is 7.55. The van der Waals surface area contributed by atoms with Crippen molar-refractivity contribution < 1.29 is 28.3 Å².